The van der Waals surface area contributed by atoms with Crippen molar-refractivity contribution >= 4 is 17.8 Å². The van der Waals surface area contributed by atoms with Gasteiger partial charge in [-0.15, -0.1) is 0 Å². The number of anilines is 1. The largest absolute Gasteiger partial charge is 0.478 e. The fourth-order valence-electron chi connectivity index (χ4n) is 3.39. The van der Waals surface area contributed by atoms with Gasteiger partial charge in [-0.3, -0.25) is 4.79 Å². The quantitative estimate of drug-likeness (QED) is 0.632. The van der Waals surface area contributed by atoms with Gasteiger partial charge in [-0.1, -0.05) is 41.5 Å². The molecule has 3 aromatic rings. The minimum Gasteiger partial charge on any atom is -0.478 e. The third kappa shape index (κ3) is 2.78. The van der Waals surface area contributed by atoms with E-state index in [1.165, 1.54) is 4.68 Å². The highest BCUT2D eigenvalue weighted by Gasteiger charge is 2.35. The minimum absolute atomic E-state index is 0.154. The van der Waals surface area contributed by atoms with Gasteiger partial charge in [0.15, 0.2) is 0 Å². The van der Waals surface area contributed by atoms with Gasteiger partial charge in [-0.25, -0.2) is 4.79 Å². The summed E-state index contributed by atoms with van der Waals surface area (Å²) < 4.78 is 1.45. The molecule has 1 aliphatic rings. The van der Waals surface area contributed by atoms with Gasteiger partial charge < -0.3 is 16.2 Å². The van der Waals surface area contributed by atoms with Crippen molar-refractivity contribution in [1.29, 1.82) is 0 Å². The van der Waals surface area contributed by atoms with Crippen LogP contribution in [0.3, 0.4) is 0 Å². The summed E-state index contributed by atoms with van der Waals surface area (Å²) in [5.74, 6) is -1.20. The van der Waals surface area contributed by atoms with E-state index in [1.54, 1.807) is 31.2 Å². The van der Waals surface area contributed by atoms with Gasteiger partial charge in [0.2, 0.25) is 11.9 Å². The number of carbonyl (C=O) groups excluding carboxylic acids is 1. The van der Waals surface area contributed by atoms with Crippen molar-refractivity contribution in [3.8, 4) is 11.1 Å². The first-order valence-electron chi connectivity index (χ1n) is 8.45. The number of carboxylic acids is 1. The maximum atomic E-state index is 12.0. The maximum Gasteiger partial charge on any atom is 0.335 e. The molecule has 0 saturated carbocycles. The third-order valence-corrected chi connectivity index (χ3v) is 4.68. The first-order chi connectivity index (χ1) is 13.5. The lowest BCUT2D eigenvalue weighted by Gasteiger charge is -2.27. The summed E-state index contributed by atoms with van der Waals surface area (Å²) in [7, 11) is 0. The number of allylic oxidation sites excluding steroid dienone is 1. The van der Waals surface area contributed by atoms with Crippen LogP contribution in [-0.4, -0.2) is 37.2 Å². The Kier molecular flexibility index (Phi) is 4.11. The van der Waals surface area contributed by atoms with Crippen LogP contribution in [0, 0.1) is 0 Å². The summed E-state index contributed by atoms with van der Waals surface area (Å²) in [6.07, 6.45) is 0. The van der Waals surface area contributed by atoms with E-state index < -0.39 is 17.9 Å². The number of carboxylic acid groups (broad SMARTS) is 1. The molecule has 1 aromatic heterocycles. The van der Waals surface area contributed by atoms with Crippen LogP contribution in [-0.2, 0) is 4.79 Å². The molecule has 2 aromatic carbocycles. The zero-order chi connectivity index (χ0) is 19.8. The van der Waals surface area contributed by atoms with Crippen molar-refractivity contribution in [1.82, 2.24) is 20.2 Å². The van der Waals surface area contributed by atoms with Crippen LogP contribution in [0.4, 0.5) is 5.95 Å². The molecule has 1 atom stereocenters. The number of fused-ring (bicyclic) bond motifs is 1. The molecule has 4 rings (SSSR count). The third-order valence-electron chi connectivity index (χ3n) is 4.68. The van der Waals surface area contributed by atoms with Gasteiger partial charge in [0, 0.05) is 11.3 Å². The number of amides is 1. The topological polar surface area (TPSA) is 136 Å². The van der Waals surface area contributed by atoms with Crippen molar-refractivity contribution in [3.05, 3.63) is 70.9 Å². The highest BCUT2D eigenvalue weighted by molar-refractivity contribution is 5.94. The van der Waals surface area contributed by atoms with E-state index in [1.807, 2.05) is 24.3 Å². The average Bonchev–Trinajstić information content (AvgIpc) is 3.14. The number of rotatable bonds is 4. The van der Waals surface area contributed by atoms with Crippen molar-refractivity contribution in [3.63, 3.8) is 0 Å². The lowest BCUT2D eigenvalue weighted by molar-refractivity contribution is -0.133. The number of primary amides is 1. The summed E-state index contributed by atoms with van der Waals surface area (Å²) >= 11 is 0. The highest BCUT2D eigenvalue weighted by atomic mass is 16.4. The van der Waals surface area contributed by atoms with Gasteiger partial charge in [0.05, 0.1) is 5.57 Å². The smallest absolute Gasteiger partial charge is 0.335 e. The Bertz CT molecular complexity index is 1120. The number of nitrogens with two attached hydrogens (primary N) is 1. The molecule has 0 aliphatic carbocycles. The number of nitrogens with one attached hydrogen (secondary N) is 1. The number of aromatic nitrogens is 4. The van der Waals surface area contributed by atoms with Gasteiger partial charge in [-0.2, -0.15) is 4.68 Å². The monoisotopic (exact) mass is 376 g/mol. The molecule has 0 radical (unpaired) electrons. The SMILES string of the molecule is CC1=C(C(=O)O)C(c2ccccc2-c2ccc(C(N)=O)cc2)n2nnnc2N1. The van der Waals surface area contributed by atoms with Gasteiger partial charge >= 0.3 is 5.97 Å². The van der Waals surface area contributed by atoms with Gasteiger partial charge in [0.25, 0.3) is 0 Å². The molecule has 9 nitrogen and oxygen atoms in total. The van der Waals surface area contributed by atoms with Crippen LogP contribution >= 0.6 is 0 Å². The molecule has 0 fully saturated rings. The van der Waals surface area contributed by atoms with Crippen LogP contribution in [0.2, 0.25) is 0 Å². The van der Waals surface area contributed by atoms with Gasteiger partial charge in [-0.05, 0) is 46.2 Å². The van der Waals surface area contributed by atoms with Crippen LogP contribution < -0.4 is 11.1 Å². The number of hydrogen-bond donors (Lipinski definition) is 3. The lowest BCUT2D eigenvalue weighted by Crippen LogP contribution is -2.29. The van der Waals surface area contributed by atoms with Crippen LogP contribution in [0.1, 0.15) is 28.9 Å². The van der Waals surface area contributed by atoms with Crippen LogP contribution in [0.5, 0.6) is 0 Å². The molecule has 1 unspecified atom stereocenters. The predicted molar refractivity (Wildman–Crippen MR) is 100 cm³/mol. The summed E-state index contributed by atoms with van der Waals surface area (Å²) in [4.78, 5) is 23.4. The molecule has 28 heavy (non-hydrogen) atoms. The Hall–Kier alpha value is -4.01. The fourth-order valence-corrected chi connectivity index (χ4v) is 3.39. The first kappa shape index (κ1) is 17.4. The minimum atomic E-state index is -1.06. The number of carbonyl (C=O) groups is 2. The molecule has 0 saturated heterocycles. The Balaban J connectivity index is 1.90. The number of benzene rings is 2. The molecule has 4 N–H and O–H groups in total. The van der Waals surface area contributed by atoms with E-state index >= 15 is 0 Å². The van der Waals surface area contributed by atoms with E-state index in [2.05, 4.69) is 20.8 Å². The van der Waals surface area contributed by atoms with Crippen molar-refractivity contribution < 1.29 is 14.7 Å². The lowest BCUT2D eigenvalue weighted by atomic mass is 9.89. The first-order valence-corrected chi connectivity index (χ1v) is 8.45. The number of nitrogens with zero attached hydrogens (tertiary/aromatic N) is 4. The predicted octanol–water partition coefficient (Wildman–Crippen LogP) is 1.81. The van der Waals surface area contributed by atoms with E-state index in [0.29, 0.717) is 17.2 Å². The molecule has 0 spiro atoms. The molecule has 1 aliphatic heterocycles. The van der Waals surface area contributed by atoms with E-state index in [-0.39, 0.29) is 5.57 Å². The van der Waals surface area contributed by atoms with Crippen LogP contribution in [0.25, 0.3) is 11.1 Å². The fraction of sp³-hybridized carbons (Fsp3) is 0.105. The number of hydrogen-bond acceptors (Lipinski definition) is 6. The molecule has 2 heterocycles. The van der Waals surface area contributed by atoms with Crippen molar-refractivity contribution in [2.24, 2.45) is 5.73 Å². The Morgan fingerprint density at radius 2 is 1.86 bits per heavy atom. The standard InChI is InChI=1S/C19H16N6O3/c1-10-15(18(27)28)16(25-19(21-10)22-23-24-25)14-5-3-2-4-13(14)11-6-8-12(9-7-11)17(20)26/h2-9,16H,1H3,(H2,20,26)(H,27,28)(H,21,22,24). The van der Waals surface area contributed by atoms with Crippen molar-refractivity contribution in [2.45, 2.75) is 13.0 Å². The van der Waals surface area contributed by atoms with E-state index in [9.17, 15) is 14.7 Å². The summed E-state index contributed by atoms with van der Waals surface area (Å²) in [5, 5.41) is 24.3. The zero-order valence-corrected chi connectivity index (χ0v) is 14.8. The second-order valence-corrected chi connectivity index (χ2v) is 6.35. The van der Waals surface area contributed by atoms with E-state index in [0.717, 1.165) is 16.7 Å². The second-order valence-electron chi connectivity index (χ2n) is 6.35. The molecule has 0 bridgehead atoms. The summed E-state index contributed by atoms with van der Waals surface area (Å²) in [5.41, 5.74) is 8.68. The van der Waals surface area contributed by atoms with Crippen molar-refractivity contribution in [2.75, 3.05) is 5.32 Å². The molecule has 1 amide bonds. The van der Waals surface area contributed by atoms with Gasteiger partial charge in [0.1, 0.15) is 6.04 Å². The zero-order valence-electron chi connectivity index (χ0n) is 14.8. The highest BCUT2D eigenvalue weighted by Crippen LogP contribution is 2.38. The molecule has 9 heteroatoms. The Morgan fingerprint density at radius 1 is 1.14 bits per heavy atom. The molecular formula is C19H16N6O3. The average molecular weight is 376 g/mol. The summed E-state index contributed by atoms with van der Waals surface area (Å²) in [6.45, 7) is 1.68. The van der Waals surface area contributed by atoms with E-state index in [4.69, 9.17) is 5.73 Å². The maximum absolute atomic E-state index is 12.0. The number of aliphatic carboxylic acids is 1. The number of tetrazole rings is 1. The summed E-state index contributed by atoms with van der Waals surface area (Å²) in [6, 6.07) is 13.5. The van der Waals surface area contributed by atoms with Crippen LogP contribution in [0.15, 0.2) is 59.8 Å². The second kappa shape index (κ2) is 6.62. The Labute approximate surface area is 159 Å². The molecular weight excluding hydrogens is 360 g/mol. The normalized spacial score (nSPS) is 15.7. The Morgan fingerprint density at radius 3 is 2.54 bits per heavy atom. The molecule has 140 valence electrons.